The van der Waals surface area contributed by atoms with Crippen LogP contribution in [0.25, 0.3) is 5.57 Å². The molecule has 0 saturated heterocycles. The summed E-state index contributed by atoms with van der Waals surface area (Å²) >= 11 is 0. The Kier molecular flexibility index (Phi) is 4.46. The lowest BCUT2D eigenvalue weighted by molar-refractivity contribution is 0.105. The Hall–Kier alpha value is -2.41. The van der Waals surface area contributed by atoms with E-state index in [1.807, 2.05) is 66.7 Å². The molecule has 19 heavy (non-hydrogen) atoms. The highest BCUT2D eigenvalue weighted by Gasteiger charge is 2.12. The molecule has 1 heteroatoms. The Labute approximate surface area is 113 Å². The summed E-state index contributed by atoms with van der Waals surface area (Å²) in [5.41, 5.74) is 2.38. The van der Waals surface area contributed by atoms with E-state index in [4.69, 9.17) is 0 Å². The van der Waals surface area contributed by atoms with Gasteiger partial charge in [0, 0.05) is 11.1 Å². The molecule has 0 saturated carbocycles. The van der Waals surface area contributed by atoms with Crippen LogP contribution < -0.4 is 0 Å². The number of carbonyl (C=O) groups is 1. The van der Waals surface area contributed by atoms with Gasteiger partial charge in [-0.1, -0.05) is 72.8 Å². The molecule has 0 amide bonds. The van der Waals surface area contributed by atoms with Crippen molar-refractivity contribution in [2.45, 2.75) is 6.42 Å². The topological polar surface area (TPSA) is 17.1 Å². The van der Waals surface area contributed by atoms with Crippen molar-refractivity contribution in [2.24, 2.45) is 0 Å². The summed E-state index contributed by atoms with van der Waals surface area (Å²) in [7, 11) is 0. The van der Waals surface area contributed by atoms with E-state index in [1.54, 1.807) is 6.08 Å². The van der Waals surface area contributed by atoms with Gasteiger partial charge in [-0.2, -0.15) is 0 Å². The fourth-order valence-corrected chi connectivity index (χ4v) is 1.91. The number of allylic oxidation sites excluding steroid dienone is 3. The lowest BCUT2D eigenvalue weighted by atomic mass is 9.96. The molecule has 94 valence electrons. The molecule has 0 radical (unpaired) electrons. The van der Waals surface area contributed by atoms with Gasteiger partial charge in [0.15, 0.2) is 5.78 Å². The van der Waals surface area contributed by atoms with Crippen LogP contribution in [0.1, 0.15) is 22.3 Å². The quantitative estimate of drug-likeness (QED) is 0.431. The normalized spacial score (nSPS) is 11.1. The molecule has 2 aromatic rings. The van der Waals surface area contributed by atoms with Crippen LogP contribution in [0.5, 0.6) is 0 Å². The number of hydrogen-bond donors (Lipinski definition) is 0. The first kappa shape index (κ1) is 13.0. The molecule has 0 heterocycles. The van der Waals surface area contributed by atoms with Gasteiger partial charge >= 0.3 is 0 Å². The van der Waals surface area contributed by atoms with Gasteiger partial charge in [0.05, 0.1) is 0 Å². The van der Waals surface area contributed by atoms with Crippen LogP contribution >= 0.6 is 0 Å². The molecule has 0 spiro atoms. The molecule has 0 unspecified atom stereocenters. The minimum absolute atomic E-state index is 0.0497. The van der Waals surface area contributed by atoms with Gasteiger partial charge in [-0.05, 0) is 12.0 Å². The van der Waals surface area contributed by atoms with E-state index in [0.29, 0.717) is 12.0 Å². The van der Waals surface area contributed by atoms with Crippen molar-refractivity contribution in [2.75, 3.05) is 0 Å². The third kappa shape index (κ3) is 3.29. The van der Waals surface area contributed by atoms with Crippen molar-refractivity contribution in [3.8, 4) is 0 Å². The van der Waals surface area contributed by atoms with Crippen molar-refractivity contribution in [1.82, 2.24) is 0 Å². The van der Waals surface area contributed by atoms with E-state index in [9.17, 15) is 4.79 Å². The molecule has 0 aromatic heterocycles. The zero-order valence-electron chi connectivity index (χ0n) is 10.8. The minimum Gasteiger partial charge on any atom is -0.289 e. The summed E-state index contributed by atoms with van der Waals surface area (Å²) in [5.74, 6) is 0.0497. The highest BCUT2D eigenvalue weighted by molar-refractivity contribution is 6.28. The Balaban J connectivity index is 2.40. The van der Waals surface area contributed by atoms with Gasteiger partial charge in [0.2, 0.25) is 0 Å². The molecule has 0 atom stereocenters. The molecule has 0 bridgehead atoms. The highest BCUT2D eigenvalue weighted by atomic mass is 16.1. The van der Waals surface area contributed by atoms with Crippen LogP contribution in [-0.2, 0) is 0 Å². The average molecular weight is 248 g/mol. The molecule has 2 rings (SSSR count). The number of Topliss-reactive ketones (excluding diaryl/α,β-unsaturated/α-hetero) is 1. The fourth-order valence-electron chi connectivity index (χ4n) is 1.91. The van der Waals surface area contributed by atoms with Gasteiger partial charge in [0.1, 0.15) is 0 Å². The Morgan fingerprint density at radius 1 is 0.895 bits per heavy atom. The molecule has 0 aliphatic rings. The molecular formula is C18H16O. The van der Waals surface area contributed by atoms with E-state index in [0.717, 1.165) is 11.1 Å². The van der Waals surface area contributed by atoms with Gasteiger partial charge in [-0.3, -0.25) is 4.79 Å². The summed E-state index contributed by atoms with van der Waals surface area (Å²) < 4.78 is 0. The van der Waals surface area contributed by atoms with Crippen molar-refractivity contribution in [3.05, 3.63) is 90.5 Å². The predicted octanol–water partition coefficient (Wildman–Crippen LogP) is 4.53. The molecule has 0 aliphatic carbocycles. The molecule has 0 aliphatic heterocycles. The van der Waals surface area contributed by atoms with Gasteiger partial charge in [-0.15, -0.1) is 6.58 Å². The van der Waals surface area contributed by atoms with Crippen molar-refractivity contribution in [3.63, 3.8) is 0 Å². The lowest BCUT2D eigenvalue weighted by Crippen LogP contribution is -2.02. The van der Waals surface area contributed by atoms with Crippen LogP contribution in [0.3, 0.4) is 0 Å². The first-order valence-corrected chi connectivity index (χ1v) is 6.29. The third-order valence-corrected chi connectivity index (χ3v) is 2.85. The van der Waals surface area contributed by atoms with Crippen LogP contribution in [0.15, 0.2) is 79.4 Å². The van der Waals surface area contributed by atoms with Crippen LogP contribution in [0, 0.1) is 0 Å². The maximum absolute atomic E-state index is 12.5. The smallest absolute Gasteiger partial charge is 0.193 e. The van der Waals surface area contributed by atoms with Crippen LogP contribution in [0.2, 0.25) is 0 Å². The summed E-state index contributed by atoms with van der Waals surface area (Å²) in [6, 6.07) is 19.1. The van der Waals surface area contributed by atoms with E-state index in [2.05, 4.69) is 6.58 Å². The van der Waals surface area contributed by atoms with Gasteiger partial charge in [-0.25, -0.2) is 0 Å². The second-order valence-corrected chi connectivity index (χ2v) is 4.20. The van der Waals surface area contributed by atoms with Crippen LogP contribution in [0.4, 0.5) is 0 Å². The number of carbonyl (C=O) groups excluding carboxylic acids is 1. The second kappa shape index (κ2) is 6.50. The Morgan fingerprint density at radius 2 is 1.42 bits per heavy atom. The van der Waals surface area contributed by atoms with Gasteiger partial charge < -0.3 is 0 Å². The van der Waals surface area contributed by atoms with Crippen molar-refractivity contribution >= 4 is 11.4 Å². The molecular weight excluding hydrogens is 232 g/mol. The van der Waals surface area contributed by atoms with E-state index < -0.39 is 0 Å². The zero-order chi connectivity index (χ0) is 13.5. The minimum atomic E-state index is 0.0497. The molecule has 0 N–H and O–H groups in total. The largest absolute Gasteiger partial charge is 0.289 e. The second-order valence-electron chi connectivity index (χ2n) is 4.20. The number of hydrogen-bond acceptors (Lipinski definition) is 1. The van der Waals surface area contributed by atoms with E-state index in [-0.39, 0.29) is 5.78 Å². The maximum Gasteiger partial charge on any atom is 0.193 e. The predicted molar refractivity (Wildman–Crippen MR) is 80.0 cm³/mol. The standard InChI is InChI=1S/C18H16O/c1-2-3-14-17(15-10-6-4-7-11-15)18(19)16-12-8-5-9-13-16/h2,4-14H,1,3H2/b17-14-. The summed E-state index contributed by atoms with van der Waals surface area (Å²) in [6.45, 7) is 3.70. The fraction of sp³-hybridized carbons (Fsp3) is 0.0556. The Morgan fingerprint density at radius 3 is 1.95 bits per heavy atom. The van der Waals surface area contributed by atoms with Gasteiger partial charge in [0.25, 0.3) is 0 Å². The number of rotatable bonds is 5. The maximum atomic E-state index is 12.5. The third-order valence-electron chi connectivity index (χ3n) is 2.85. The summed E-state index contributed by atoms with van der Waals surface area (Å²) in [5, 5.41) is 0. The monoisotopic (exact) mass is 248 g/mol. The lowest BCUT2D eigenvalue weighted by Gasteiger charge is -2.07. The molecule has 1 nitrogen and oxygen atoms in total. The first-order valence-electron chi connectivity index (χ1n) is 6.29. The van der Waals surface area contributed by atoms with Crippen molar-refractivity contribution < 1.29 is 4.79 Å². The van der Waals surface area contributed by atoms with Crippen molar-refractivity contribution in [1.29, 1.82) is 0 Å². The highest BCUT2D eigenvalue weighted by Crippen LogP contribution is 2.20. The van der Waals surface area contributed by atoms with E-state index in [1.165, 1.54) is 0 Å². The average Bonchev–Trinajstić information content (AvgIpc) is 2.49. The number of ketones is 1. The van der Waals surface area contributed by atoms with Crippen LogP contribution in [-0.4, -0.2) is 5.78 Å². The Bertz CT molecular complexity index is 580. The summed E-state index contributed by atoms with van der Waals surface area (Å²) in [6.07, 6.45) is 4.40. The molecule has 2 aromatic carbocycles. The number of benzene rings is 2. The zero-order valence-corrected chi connectivity index (χ0v) is 10.8. The summed E-state index contributed by atoms with van der Waals surface area (Å²) in [4.78, 5) is 12.5. The molecule has 0 fully saturated rings. The SMILES string of the molecule is C=CC/C=C(\C(=O)c1ccccc1)c1ccccc1. The van der Waals surface area contributed by atoms with E-state index >= 15 is 0 Å². The first-order chi connectivity index (χ1) is 9.33.